The van der Waals surface area contributed by atoms with E-state index in [0.29, 0.717) is 5.69 Å². The first-order valence-corrected chi connectivity index (χ1v) is 8.79. The number of hydrogen-bond donors (Lipinski definition) is 1. The molecule has 23 heavy (non-hydrogen) atoms. The molecule has 0 bridgehead atoms. The molecule has 1 heterocycles. The maximum Gasteiger partial charge on any atom is 0.337 e. The van der Waals surface area contributed by atoms with Crippen molar-refractivity contribution in [2.45, 2.75) is 25.3 Å². The average molecular weight is 359 g/mol. The van der Waals surface area contributed by atoms with Crippen LogP contribution in [0.1, 0.15) is 27.3 Å². The predicted octanol–water partition coefficient (Wildman–Crippen LogP) is 1.88. The quantitative estimate of drug-likeness (QED) is 0.876. The van der Waals surface area contributed by atoms with Crippen LogP contribution >= 0.6 is 11.6 Å². The van der Waals surface area contributed by atoms with E-state index in [0.717, 1.165) is 18.0 Å². The molecule has 0 aliphatic rings. The molecule has 0 aliphatic carbocycles. The molecular formula is C14H15ClN2O5S. The molecule has 1 aromatic heterocycles. The van der Waals surface area contributed by atoms with Crippen LogP contribution in [0.3, 0.4) is 0 Å². The third-order valence-electron chi connectivity index (χ3n) is 3.13. The number of carboxylic acids is 1. The van der Waals surface area contributed by atoms with Crippen molar-refractivity contribution < 1.29 is 23.2 Å². The normalized spacial score (nSPS) is 11.5. The highest BCUT2D eigenvalue weighted by atomic mass is 35.5. The number of halogens is 1. The van der Waals surface area contributed by atoms with E-state index < -0.39 is 15.8 Å². The van der Waals surface area contributed by atoms with E-state index in [1.54, 1.807) is 19.9 Å². The van der Waals surface area contributed by atoms with Crippen LogP contribution in [-0.2, 0) is 16.4 Å². The van der Waals surface area contributed by atoms with Crippen molar-refractivity contribution in [1.29, 1.82) is 0 Å². The van der Waals surface area contributed by atoms with E-state index in [9.17, 15) is 13.2 Å². The lowest BCUT2D eigenvalue weighted by molar-refractivity contribution is 0.0636. The molecule has 2 rings (SSSR count). The molecule has 0 radical (unpaired) electrons. The standard InChI is InChI=1S/C14H15ClN2O5S/c1-8-6-9(2)17(16-8)22-7-11-12(23(3,20)21)5-4-10(13(11)15)14(18)19/h4-6H,7H2,1-3H3,(H,18,19). The van der Waals surface area contributed by atoms with Gasteiger partial charge in [-0.05, 0) is 32.0 Å². The number of sulfone groups is 1. The minimum Gasteiger partial charge on any atom is -0.478 e. The molecule has 0 saturated carbocycles. The summed E-state index contributed by atoms with van der Waals surface area (Å²) < 4.78 is 23.8. The lowest BCUT2D eigenvalue weighted by Gasteiger charge is -2.13. The molecule has 0 amide bonds. The summed E-state index contributed by atoms with van der Waals surface area (Å²) in [4.78, 5) is 17.8. The molecule has 2 aromatic rings. The fourth-order valence-corrected chi connectivity index (χ4v) is 3.40. The number of nitrogens with zero attached hydrogens (tertiary/aromatic N) is 2. The second-order valence-corrected chi connectivity index (χ2v) is 7.42. The number of carbonyl (C=O) groups is 1. The molecule has 0 fully saturated rings. The molecule has 0 atom stereocenters. The molecule has 124 valence electrons. The Hall–Kier alpha value is -2.06. The zero-order valence-corrected chi connectivity index (χ0v) is 14.3. The van der Waals surface area contributed by atoms with Gasteiger partial charge in [0.2, 0.25) is 0 Å². The van der Waals surface area contributed by atoms with Gasteiger partial charge >= 0.3 is 5.97 Å². The van der Waals surface area contributed by atoms with Crippen LogP contribution in [0.25, 0.3) is 0 Å². The predicted molar refractivity (Wildman–Crippen MR) is 83.5 cm³/mol. The summed E-state index contributed by atoms with van der Waals surface area (Å²) in [5.74, 6) is -1.25. The summed E-state index contributed by atoms with van der Waals surface area (Å²) in [6, 6.07) is 4.16. The van der Waals surface area contributed by atoms with Crippen molar-refractivity contribution in [3.05, 3.63) is 45.7 Å². The minimum atomic E-state index is -3.59. The zero-order valence-electron chi connectivity index (χ0n) is 12.7. The molecule has 0 aliphatic heterocycles. The van der Waals surface area contributed by atoms with Gasteiger partial charge in [-0.25, -0.2) is 13.2 Å². The number of aromatic carboxylic acids is 1. The van der Waals surface area contributed by atoms with Gasteiger partial charge in [0.1, 0.15) is 6.61 Å². The smallest absolute Gasteiger partial charge is 0.337 e. The maximum atomic E-state index is 11.9. The van der Waals surface area contributed by atoms with E-state index in [2.05, 4.69) is 5.10 Å². The zero-order chi connectivity index (χ0) is 17.4. The Morgan fingerprint density at radius 3 is 2.52 bits per heavy atom. The van der Waals surface area contributed by atoms with Gasteiger partial charge in [-0.2, -0.15) is 0 Å². The summed E-state index contributed by atoms with van der Waals surface area (Å²) in [5.41, 5.74) is 1.35. The monoisotopic (exact) mass is 358 g/mol. The van der Waals surface area contributed by atoms with Crippen LogP contribution in [0.15, 0.2) is 23.1 Å². The molecule has 1 aromatic carbocycles. The topological polar surface area (TPSA) is 98.5 Å². The SMILES string of the molecule is Cc1cc(C)n(OCc2c(S(C)(=O)=O)ccc(C(=O)O)c2Cl)n1. The van der Waals surface area contributed by atoms with Gasteiger partial charge in [-0.1, -0.05) is 11.6 Å². The number of benzene rings is 1. The Morgan fingerprint density at radius 2 is 2.04 bits per heavy atom. The first-order valence-electron chi connectivity index (χ1n) is 6.52. The van der Waals surface area contributed by atoms with Gasteiger partial charge in [0.15, 0.2) is 9.84 Å². The lowest BCUT2D eigenvalue weighted by atomic mass is 10.1. The highest BCUT2D eigenvalue weighted by Gasteiger charge is 2.22. The summed E-state index contributed by atoms with van der Waals surface area (Å²) >= 11 is 6.07. The van der Waals surface area contributed by atoms with E-state index >= 15 is 0 Å². The summed E-state index contributed by atoms with van der Waals surface area (Å²) in [5, 5.41) is 13.0. The Morgan fingerprint density at radius 1 is 1.39 bits per heavy atom. The van der Waals surface area contributed by atoms with Crippen LogP contribution in [0.5, 0.6) is 0 Å². The summed E-state index contributed by atoms with van der Waals surface area (Å²) in [7, 11) is -3.59. The van der Waals surface area contributed by atoms with Crippen molar-refractivity contribution in [3.63, 3.8) is 0 Å². The highest BCUT2D eigenvalue weighted by molar-refractivity contribution is 7.90. The van der Waals surface area contributed by atoms with Gasteiger partial charge in [0, 0.05) is 11.8 Å². The highest BCUT2D eigenvalue weighted by Crippen LogP contribution is 2.28. The van der Waals surface area contributed by atoms with Crippen LogP contribution in [0.2, 0.25) is 5.02 Å². The fraction of sp³-hybridized carbons (Fsp3) is 0.286. The second-order valence-electron chi connectivity index (χ2n) is 5.05. The largest absolute Gasteiger partial charge is 0.478 e. The molecule has 1 N–H and O–H groups in total. The molecule has 0 saturated heterocycles. The van der Waals surface area contributed by atoms with Crippen molar-refractivity contribution in [2.75, 3.05) is 6.26 Å². The van der Waals surface area contributed by atoms with E-state index in [1.807, 2.05) is 0 Å². The van der Waals surface area contributed by atoms with Crippen molar-refractivity contribution in [3.8, 4) is 0 Å². The van der Waals surface area contributed by atoms with Gasteiger partial charge < -0.3 is 9.94 Å². The van der Waals surface area contributed by atoms with Gasteiger partial charge in [-0.15, -0.1) is 9.94 Å². The number of hydrogen-bond acceptors (Lipinski definition) is 5. The first kappa shape index (κ1) is 17.3. The molecule has 9 heteroatoms. The van der Waals surface area contributed by atoms with Crippen LogP contribution in [0.4, 0.5) is 0 Å². The maximum absolute atomic E-state index is 11.9. The third-order valence-corrected chi connectivity index (χ3v) is 4.74. The number of aromatic nitrogens is 2. The Balaban J connectivity index is 2.48. The van der Waals surface area contributed by atoms with Gasteiger partial charge in [-0.3, -0.25) is 0 Å². The molecule has 0 spiro atoms. The van der Waals surface area contributed by atoms with E-state index in [-0.39, 0.29) is 27.7 Å². The second kappa shape index (κ2) is 6.21. The Labute approximate surface area is 138 Å². The Kier molecular flexibility index (Phi) is 4.67. The Bertz CT molecular complexity index is 874. The van der Waals surface area contributed by atoms with Gasteiger partial charge in [0.25, 0.3) is 0 Å². The van der Waals surface area contributed by atoms with E-state index in [1.165, 1.54) is 10.9 Å². The summed E-state index contributed by atoms with van der Waals surface area (Å²) in [6.45, 7) is 3.32. The van der Waals surface area contributed by atoms with Crippen LogP contribution in [-0.4, -0.2) is 35.7 Å². The van der Waals surface area contributed by atoms with Gasteiger partial charge in [0.05, 0.1) is 26.9 Å². The van der Waals surface area contributed by atoms with Crippen molar-refractivity contribution in [1.82, 2.24) is 9.94 Å². The third kappa shape index (κ3) is 3.65. The average Bonchev–Trinajstić information content (AvgIpc) is 2.73. The minimum absolute atomic E-state index is 0.0750. The fourth-order valence-electron chi connectivity index (χ4n) is 2.12. The lowest BCUT2D eigenvalue weighted by Crippen LogP contribution is -2.17. The van der Waals surface area contributed by atoms with Crippen molar-refractivity contribution >= 4 is 27.4 Å². The molecule has 0 unspecified atom stereocenters. The molecular weight excluding hydrogens is 344 g/mol. The van der Waals surface area contributed by atoms with Crippen LogP contribution in [0, 0.1) is 13.8 Å². The number of aryl methyl sites for hydroxylation is 2. The first-order chi connectivity index (χ1) is 10.6. The van der Waals surface area contributed by atoms with E-state index in [4.69, 9.17) is 21.5 Å². The number of rotatable bonds is 5. The number of carboxylic acid groups (broad SMARTS) is 1. The molecule has 7 nitrogen and oxygen atoms in total. The summed E-state index contributed by atoms with van der Waals surface area (Å²) in [6.07, 6.45) is 1.02. The van der Waals surface area contributed by atoms with Crippen molar-refractivity contribution in [2.24, 2.45) is 0 Å². The van der Waals surface area contributed by atoms with Crippen LogP contribution < -0.4 is 4.84 Å².